The predicted molar refractivity (Wildman–Crippen MR) is 81.3 cm³/mol. The molecule has 5 heteroatoms. The van der Waals surface area contributed by atoms with Crippen molar-refractivity contribution < 1.29 is 14.3 Å². The highest BCUT2D eigenvalue weighted by atomic mass is 32.2. The van der Waals surface area contributed by atoms with Crippen LogP contribution in [-0.2, 0) is 9.53 Å². The summed E-state index contributed by atoms with van der Waals surface area (Å²) in [5, 5.41) is 0.646. The minimum atomic E-state index is -0.315. The standard InChI is InChI=1S/C15H17NO3S/c1-9-14(11-6-4-5-7-12(11)16-9)15(18)10(2)20-8-13(17)19-3/h4-7,10,16H,8H2,1-3H3. The summed E-state index contributed by atoms with van der Waals surface area (Å²) in [5.74, 6) is -0.0932. The molecule has 1 heterocycles. The van der Waals surface area contributed by atoms with Gasteiger partial charge in [-0.15, -0.1) is 11.8 Å². The maximum absolute atomic E-state index is 12.5. The first kappa shape index (κ1) is 14.7. The molecule has 0 saturated heterocycles. The topological polar surface area (TPSA) is 59.2 Å². The van der Waals surface area contributed by atoms with Crippen LogP contribution in [0, 0.1) is 6.92 Å². The van der Waals surface area contributed by atoms with Gasteiger partial charge >= 0.3 is 5.97 Å². The molecular formula is C15H17NO3S. The Labute approximate surface area is 121 Å². The van der Waals surface area contributed by atoms with Crippen LogP contribution in [0.2, 0.25) is 0 Å². The van der Waals surface area contributed by atoms with E-state index in [0.29, 0.717) is 5.56 Å². The number of aryl methyl sites for hydroxylation is 1. The van der Waals surface area contributed by atoms with E-state index < -0.39 is 0 Å². The van der Waals surface area contributed by atoms with Crippen LogP contribution < -0.4 is 0 Å². The largest absolute Gasteiger partial charge is 0.468 e. The second kappa shape index (κ2) is 6.13. The van der Waals surface area contributed by atoms with E-state index in [4.69, 9.17) is 0 Å². The summed E-state index contributed by atoms with van der Waals surface area (Å²) < 4.78 is 4.59. The number of ketones is 1. The number of benzene rings is 1. The van der Waals surface area contributed by atoms with E-state index in [2.05, 4.69) is 9.72 Å². The van der Waals surface area contributed by atoms with Gasteiger partial charge < -0.3 is 9.72 Å². The highest BCUT2D eigenvalue weighted by Gasteiger charge is 2.22. The van der Waals surface area contributed by atoms with Gasteiger partial charge in [0, 0.05) is 22.2 Å². The third kappa shape index (κ3) is 2.88. The molecule has 0 saturated carbocycles. The number of thioether (sulfide) groups is 1. The van der Waals surface area contributed by atoms with Crippen LogP contribution >= 0.6 is 11.8 Å². The number of methoxy groups -OCH3 is 1. The van der Waals surface area contributed by atoms with Crippen molar-refractivity contribution >= 4 is 34.4 Å². The van der Waals surface area contributed by atoms with Gasteiger partial charge in [-0.1, -0.05) is 18.2 Å². The maximum atomic E-state index is 12.5. The Morgan fingerprint density at radius 3 is 2.75 bits per heavy atom. The number of para-hydroxylation sites is 1. The van der Waals surface area contributed by atoms with E-state index >= 15 is 0 Å². The van der Waals surface area contributed by atoms with Gasteiger partial charge in [0.2, 0.25) is 0 Å². The summed E-state index contributed by atoms with van der Waals surface area (Å²) in [4.78, 5) is 26.9. The zero-order valence-electron chi connectivity index (χ0n) is 11.7. The second-order valence-electron chi connectivity index (χ2n) is 4.56. The molecule has 2 aromatic rings. The van der Waals surface area contributed by atoms with Gasteiger partial charge in [-0.05, 0) is 19.9 Å². The second-order valence-corrected chi connectivity index (χ2v) is 5.89. The Balaban J connectivity index is 2.22. The number of hydrogen-bond donors (Lipinski definition) is 1. The van der Waals surface area contributed by atoms with Crippen molar-refractivity contribution in [3.63, 3.8) is 0 Å². The number of carbonyl (C=O) groups excluding carboxylic acids is 2. The van der Waals surface area contributed by atoms with Crippen LogP contribution in [-0.4, -0.2) is 34.8 Å². The van der Waals surface area contributed by atoms with Crippen molar-refractivity contribution in [2.75, 3.05) is 12.9 Å². The molecule has 0 spiro atoms. The molecule has 0 aliphatic carbocycles. The number of aromatic amines is 1. The first-order valence-corrected chi connectivity index (χ1v) is 7.39. The average Bonchev–Trinajstić information content (AvgIpc) is 2.79. The van der Waals surface area contributed by atoms with Crippen LogP contribution in [0.5, 0.6) is 0 Å². The number of rotatable bonds is 5. The summed E-state index contributed by atoms with van der Waals surface area (Å²) in [6.07, 6.45) is 0. The monoisotopic (exact) mass is 291 g/mol. The zero-order chi connectivity index (χ0) is 14.7. The number of esters is 1. The predicted octanol–water partition coefficient (Wildman–Crippen LogP) is 2.95. The molecule has 4 nitrogen and oxygen atoms in total. The number of carbonyl (C=O) groups is 2. The van der Waals surface area contributed by atoms with Crippen LogP contribution in [0.4, 0.5) is 0 Å². The third-order valence-electron chi connectivity index (χ3n) is 3.19. The number of Topliss-reactive ketones (excluding diaryl/α,β-unsaturated/α-hetero) is 1. The molecule has 2 rings (SSSR count). The quantitative estimate of drug-likeness (QED) is 0.679. The van der Waals surface area contributed by atoms with Gasteiger partial charge in [0.25, 0.3) is 0 Å². The summed E-state index contributed by atoms with van der Waals surface area (Å²) in [5.41, 5.74) is 2.53. The molecule has 0 aliphatic rings. The summed E-state index contributed by atoms with van der Waals surface area (Å²) >= 11 is 1.29. The van der Waals surface area contributed by atoms with Gasteiger partial charge in [0.15, 0.2) is 5.78 Å². The Bertz CT molecular complexity index is 648. The minimum Gasteiger partial charge on any atom is -0.468 e. The summed E-state index contributed by atoms with van der Waals surface area (Å²) in [6.45, 7) is 3.71. The molecule has 1 atom stereocenters. The fraction of sp³-hybridized carbons (Fsp3) is 0.333. The lowest BCUT2D eigenvalue weighted by molar-refractivity contribution is -0.137. The Morgan fingerprint density at radius 1 is 1.35 bits per heavy atom. The molecule has 0 bridgehead atoms. The number of H-pyrrole nitrogens is 1. The fourth-order valence-electron chi connectivity index (χ4n) is 2.13. The number of nitrogens with one attached hydrogen (secondary N) is 1. The first-order chi connectivity index (χ1) is 9.54. The number of aromatic nitrogens is 1. The van der Waals surface area contributed by atoms with E-state index in [1.807, 2.05) is 38.1 Å². The normalized spacial score (nSPS) is 12.3. The first-order valence-electron chi connectivity index (χ1n) is 6.34. The van der Waals surface area contributed by atoms with Crippen molar-refractivity contribution in [2.45, 2.75) is 19.1 Å². The molecule has 20 heavy (non-hydrogen) atoms. The molecule has 1 aromatic carbocycles. The van der Waals surface area contributed by atoms with Crippen molar-refractivity contribution in [1.82, 2.24) is 4.98 Å². The van der Waals surface area contributed by atoms with E-state index in [-0.39, 0.29) is 22.8 Å². The SMILES string of the molecule is COC(=O)CSC(C)C(=O)c1c(C)[nH]c2ccccc12. The molecule has 0 aliphatic heterocycles. The molecule has 1 N–H and O–H groups in total. The fourth-order valence-corrected chi connectivity index (χ4v) is 2.90. The smallest absolute Gasteiger partial charge is 0.315 e. The van der Waals surface area contributed by atoms with Crippen LogP contribution in [0.25, 0.3) is 10.9 Å². The third-order valence-corrected chi connectivity index (χ3v) is 4.30. The lowest BCUT2D eigenvalue weighted by Crippen LogP contribution is -2.17. The van der Waals surface area contributed by atoms with Crippen molar-refractivity contribution in [2.24, 2.45) is 0 Å². The zero-order valence-corrected chi connectivity index (χ0v) is 12.5. The maximum Gasteiger partial charge on any atom is 0.315 e. The van der Waals surface area contributed by atoms with Crippen molar-refractivity contribution in [3.8, 4) is 0 Å². The van der Waals surface area contributed by atoms with Gasteiger partial charge in [0.1, 0.15) is 0 Å². The Hall–Kier alpha value is -1.75. The number of fused-ring (bicyclic) bond motifs is 1. The molecule has 1 aromatic heterocycles. The molecule has 1 unspecified atom stereocenters. The van der Waals surface area contributed by atoms with Crippen molar-refractivity contribution in [1.29, 1.82) is 0 Å². The lowest BCUT2D eigenvalue weighted by atomic mass is 10.1. The Morgan fingerprint density at radius 2 is 2.05 bits per heavy atom. The van der Waals surface area contributed by atoms with Crippen LogP contribution in [0.15, 0.2) is 24.3 Å². The van der Waals surface area contributed by atoms with E-state index in [9.17, 15) is 9.59 Å². The van der Waals surface area contributed by atoms with Gasteiger partial charge in [-0.25, -0.2) is 0 Å². The molecule has 106 valence electrons. The number of hydrogen-bond acceptors (Lipinski definition) is 4. The van der Waals surface area contributed by atoms with Crippen LogP contribution in [0.3, 0.4) is 0 Å². The van der Waals surface area contributed by atoms with Crippen LogP contribution in [0.1, 0.15) is 23.0 Å². The molecule has 0 amide bonds. The summed E-state index contributed by atoms with van der Waals surface area (Å²) in [7, 11) is 1.35. The summed E-state index contributed by atoms with van der Waals surface area (Å²) in [6, 6.07) is 7.73. The van der Waals surface area contributed by atoms with Gasteiger partial charge in [-0.3, -0.25) is 9.59 Å². The van der Waals surface area contributed by atoms with Gasteiger partial charge in [-0.2, -0.15) is 0 Å². The van der Waals surface area contributed by atoms with E-state index in [1.165, 1.54) is 18.9 Å². The molecule has 0 fully saturated rings. The van der Waals surface area contributed by atoms with E-state index in [0.717, 1.165) is 16.6 Å². The Kier molecular flexibility index (Phi) is 4.49. The molecular weight excluding hydrogens is 274 g/mol. The molecule has 0 radical (unpaired) electrons. The number of ether oxygens (including phenoxy) is 1. The van der Waals surface area contributed by atoms with Gasteiger partial charge in [0.05, 0.1) is 18.1 Å². The van der Waals surface area contributed by atoms with Crippen molar-refractivity contribution in [3.05, 3.63) is 35.5 Å². The highest BCUT2D eigenvalue weighted by Crippen LogP contribution is 2.26. The average molecular weight is 291 g/mol. The van der Waals surface area contributed by atoms with E-state index in [1.54, 1.807) is 0 Å². The minimum absolute atomic E-state index is 0.0360. The lowest BCUT2D eigenvalue weighted by Gasteiger charge is -2.09. The highest BCUT2D eigenvalue weighted by molar-refractivity contribution is 8.01.